The second-order valence-electron chi connectivity index (χ2n) is 7.41. The minimum Gasteiger partial charge on any atom is -0.396 e. The number of carbonyl (C=O) groups is 2. The summed E-state index contributed by atoms with van der Waals surface area (Å²) in [7, 11) is -2.37. The number of halogens is 2. The van der Waals surface area contributed by atoms with E-state index in [1.165, 1.54) is 34.4 Å². The standard InChI is InChI=1S/C21H23ClFN3O5S2/c1-25(9-2-11-27)20(28)14-3-5-18(16(23)13-14)26-10-7-17(21(26)29)24-33(30,31)12-8-15-4-6-19(22)32-15/h3-6,8,12-13,17,24,27H,2,7,9-11H2,1H3/b12-8+/t17-/m0/s1. The minimum atomic E-state index is -3.91. The van der Waals surface area contributed by atoms with Crippen molar-refractivity contribution < 1.29 is 27.5 Å². The Morgan fingerprint density at radius 1 is 1.39 bits per heavy atom. The van der Waals surface area contributed by atoms with Crippen LogP contribution in [0.3, 0.4) is 0 Å². The first kappa shape index (κ1) is 25.3. The van der Waals surface area contributed by atoms with Crippen LogP contribution in [0, 0.1) is 5.82 Å². The molecule has 3 rings (SSSR count). The quantitative estimate of drug-likeness (QED) is 0.534. The van der Waals surface area contributed by atoms with Crippen LogP contribution in [0.25, 0.3) is 6.08 Å². The number of carbonyl (C=O) groups excluding carboxylic acids is 2. The molecule has 178 valence electrons. The van der Waals surface area contributed by atoms with E-state index in [-0.39, 0.29) is 30.8 Å². The Labute approximate surface area is 200 Å². The van der Waals surface area contributed by atoms with Crippen molar-refractivity contribution in [2.75, 3.05) is 31.6 Å². The summed E-state index contributed by atoms with van der Waals surface area (Å²) in [5, 5.41) is 9.84. The molecule has 0 bridgehead atoms. The molecule has 2 N–H and O–H groups in total. The minimum absolute atomic E-state index is 0.0278. The molecule has 0 spiro atoms. The van der Waals surface area contributed by atoms with E-state index in [4.69, 9.17) is 16.7 Å². The molecule has 0 aliphatic carbocycles. The van der Waals surface area contributed by atoms with Gasteiger partial charge in [0.2, 0.25) is 15.9 Å². The molecule has 2 aromatic rings. The summed E-state index contributed by atoms with van der Waals surface area (Å²) < 4.78 is 42.3. The summed E-state index contributed by atoms with van der Waals surface area (Å²) in [6.45, 7) is 0.376. The third-order valence-corrected chi connectivity index (χ3v) is 7.31. The molecule has 2 amide bonds. The van der Waals surface area contributed by atoms with Crippen molar-refractivity contribution in [2.24, 2.45) is 0 Å². The normalized spacial score (nSPS) is 16.7. The number of nitrogens with zero attached hydrogens (tertiary/aromatic N) is 2. The molecular weight excluding hydrogens is 493 g/mol. The maximum atomic E-state index is 14.8. The second kappa shape index (κ2) is 10.7. The summed E-state index contributed by atoms with van der Waals surface area (Å²) in [6.07, 6.45) is 1.95. The zero-order valence-corrected chi connectivity index (χ0v) is 20.1. The van der Waals surface area contributed by atoms with Crippen molar-refractivity contribution >= 4 is 56.5 Å². The lowest BCUT2D eigenvalue weighted by molar-refractivity contribution is -0.118. The number of rotatable bonds is 9. The number of amides is 2. The molecular formula is C21H23ClFN3O5S2. The van der Waals surface area contributed by atoms with Crippen molar-refractivity contribution in [3.63, 3.8) is 0 Å². The van der Waals surface area contributed by atoms with Crippen LogP contribution in [0.4, 0.5) is 10.1 Å². The number of benzene rings is 1. The molecule has 8 nitrogen and oxygen atoms in total. The van der Waals surface area contributed by atoms with Gasteiger partial charge >= 0.3 is 0 Å². The van der Waals surface area contributed by atoms with Gasteiger partial charge in [0.15, 0.2) is 0 Å². The van der Waals surface area contributed by atoms with E-state index in [0.717, 1.165) is 16.4 Å². The monoisotopic (exact) mass is 515 g/mol. The predicted octanol–water partition coefficient (Wildman–Crippen LogP) is 2.69. The van der Waals surface area contributed by atoms with Crippen molar-refractivity contribution in [3.05, 3.63) is 56.3 Å². The molecule has 1 aliphatic heterocycles. The van der Waals surface area contributed by atoms with Crippen LogP contribution in [0.15, 0.2) is 35.7 Å². The lowest BCUT2D eigenvalue weighted by Gasteiger charge is -2.20. The second-order valence-corrected chi connectivity index (χ2v) is 10.8. The van der Waals surface area contributed by atoms with E-state index in [1.54, 1.807) is 19.2 Å². The van der Waals surface area contributed by atoms with E-state index < -0.39 is 33.7 Å². The highest BCUT2D eigenvalue weighted by Gasteiger charge is 2.36. The fraction of sp³-hybridized carbons (Fsp3) is 0.333. The summed E-state index contributed by atoms with van der Waals surface area (Å²) in [6, 6.07) is 6.07. The van der Waals surface area contributed by atoms with Gasteiger partial charge in [-0.25, -0.2) is 12.8 Å². The van der Waals surface area contributed by atoms with Crippen LogP contribution in [0.1, 0.15) is 28.1 Å². The largest absolute Gasteiger partial charge is 0.396 e. The topological polar surface area (TPSA) is 107 Å². The molecule has 1 aromatic heterocycles. The van der Waals surface area contributed by atoms with Crippen LogP contribution in [0.2, 0.25) is 4.34 Å². The molecule has 1 fully saturated rings. The van der Waals surface area contributed by atoms with Crippen LogP contribution in [0.5, 0.6) is 0 Å². The van der Waals surface area contributed by atoms with E-state index in [0.29, 0.717) is 22.2 Å². The van der Waals surface area contributed by atoms with Gasteiger partial charge in [-0.3, -0.25) is 9.59 Å². The Bertz CT molecular complexity index is 1170. The third-order valence-electron chi connectivity index (χ3n) is 5.00. The maximum Gasteiger partial charge on any atom is 0.253 e. The van der Waals surface area contributed by atoms with Gasteiger partial charge in [0.1, 0.15) is 11.9 Å². The Balaban J connectivity index is 1.67. The summed E-state index contributed by atoms with van der Waals surface area (Å²) in [5.41, 5.74) is 0.0828. The van der Waals surface area contributed by atoms with Crippen molar-refractivity contribution in [1.82, 2.24) is 9.62 Å². The smallest absolute Gasteiger partial charge is 0.253 e. The van der Waals surface area contributed by atoms with Crippen LogP contribution in [-0.2, 0) is 14.8 Å². The van der Waals surface area contributed by atoms with Crippen LogP contribution in [-0.4, -0.2) is 63.0 Å². The molecule has 1 saturated heterocycles. The van der Waals surface area contributed by atoms with Gasteiger partial charge in [0.25, 0.3) is 5.91 Å². The van der Waals surface area contributed by atoms with Gasteiger partial charge in [-0.15, -0.1) is 11.3 Å². The Kier molecular flexibility index (Phi) is 8.24. The third kappa shape index (κ3) is 6.39. The van der Waals surface area contributed by atoms with Crippen LogP contribution >= 0.6 is 22.9 Å². The molecule has 1 aromatic carbocycles. The van der Waals surface area contributed by atoms with Gasteiger partial charge in [-0.2, -0.15) is 4.72 Å². The van der Waals surface area contributed by atoms with Gasteiger partial charge in [-0.05, 0) is 49.2 Å². The van der Waals surface area contributed by atoms with Crippen LogP contribution < -0.4 is 9.62 Å². The molecule has 1 aliphatic rings. The highest BCUT2D eigenvalue weighted by Crippen LogP contribution is 2.27. The average molecular weight is 516 g/mol. The number of hydrogen-bond acceptors (Lipinski definition) is 6. The number of anilines is 1. The van der Waals surface area contributed by atoms with Crippen molar-refractivity contribution in [3.8, 4) is 0 Å². The first-order valence-corrected chi connectivity index (χ1v) is 12.8. The molecule has 12 heteroatoms. The lowest BCUT2D eigenvalue weighted by Crippen LogP contribution is -2.41. The van der Waals surface area contributed by atoms with Crippen molar-refractivity contribution in [1.29, 1.82) is 0 Å². The Hall–Kier alpha value is -2.31. The zero-order chi connectivity index (χ0) is 24.2. The highest BCUT2D eigenvalue weighted by molar-refractivity contribution is 7.92. The number of sulfonamides is 1. The highest BCUT2D eigenvalue weighted by atomic mass is 35.5. The van der Waals surface area contributed by atoms with Gasteiger partial charge in [-0.1, -0.05) is 11.6 Å². The molecule has 0 radical (unpaired) electrons. The van der Waals surface area contributed by atoms with E-state index >= 15 is 0 Å². The molecule has 0 saturated carbocycles. The lowest BCUT2D eigenvalue weighted by atomic mass is 10.1. The van der Waals surface area contributed by atoms with E-state index in [9.17, 15) is 22.4 Å². The van der Waals surface area contributed by atoms with Gasteiger partial charge in [0.05, 0.1) is 10.0 Å². The maximum absolute atomic E-state index is 14.8. The first-order valence-electron chi connectivity index (χ1n) is 10.0. The SMILES string of the molecule is CN(CCCO)C(=O)c1ccc(N2CC[C@H](NS(=O)(=O)/C=C/c3ccc(Cl)s3)C2=O)c(F)c1. The first-order chi connectivity index (χ1) is 15.6. The van der Waals surface area contributed by atoms with E-state index in [2.05, 4.69) is 4.72 Å². The number of aliphatic hydroxyl groups excluding tert-OH is 1. The molecule has 1 atom stereocenters. The number of hydrogen-bond donors (Lipinski definition) is 2. The average Bonchev–Trinajstić information content (AvgIpc) is 3.35. The number of nitrogens with one attached hydrogen (secondary N) is 1. The zero-order valence-electron chi connectivity index (χ0n) is 17.7. The van der Waals surface area contributed by atoms with Gasteiger partial charge in [0, 0.05) is 42.6 Å². The van der Waals surface area contributed by atoms with E-state index in [1.807, 2.05) is 0 Å². The molecule has 0 unspecified atom stereocenters. The fourth-order valence-corrected chi connectivity index (χ4v) is 5.40. The van der Waals surface area contributed by atoms with Gasteiger partial charge < -0.3 is 14.9 Å². The number of thiophene rings is 1. The molecule has 2 heterocycles. The molecule has 33 heavy (non-hydrogen) atoms. The Morgan fingerprint density at radius 2 is 2.15 bits per heavy atom. The fourth-order valence-electron chi connectivity index (χ4n) is 3.33. The number of aliphatic hydroxyl groups is 1. The Morgan fingerprint density at radius 3 is 2.79 bits per heavy atom. The van der Waals surface area contributed by atoms with Crippen molar-refractivity contribution in [2.45, 2.75) is 18.9 Å². The predicted molar refractivity (Wildman–Crippen MR) is 126 cm³/mol. The summed E-state index contributed by atoms with van der Waals surface area (Å²) in [4.78, 5) is 28.3. The summed E-state index contributed by atoms with van der Waals surface area (Å²) in [5.74, 6) is -1.75. The summed E-state index contributed by atoms with van der Waals surface area (Å²) >= 11 is 7.04.